The molecule has 4 saturated heterocycles. The number of amides is 3. The second-order valence-electron chi connectivity index (χ2n) is 34.5. The first-order valence-electron chi connectivity index (χ1n) is 42.1. The Kier molecular flexibility index (Phi) is 38.4. The summed E-state index contributed by atoms with van der Waals surface area (Å²) in [4.78, 5) is 102. The Bertz CT molecular complexity index is 5000. The van der Waals surface area contributed by atoms with E-state index in [1.54, 1.807) is 20.8 Å². The molecular weight excluding hydrogens is 1720 g/mol. The number of fused-ring (bicyclic) bond motifs is 5. The van der Waals surface area contributed by atoms with Crippen molar-refractivity contribution in [3.05, 3.63) is 208 Å². The number of carbonyl (C=O) groups excluding carboxylic acids is 6. The van der Waals surface area contributed by atoms with Crippen LogP contribution in [-0.2, 0) is 41.5 Å². The van der Waals surface area contributed by atoms with Crippen LogP contribution in [-0.4, -0.2) is 150 Å². The molecule has 0 spiro atoms. The van der Waals surface area contributed by atoms with E-state index in [-0.39, 0.29) is 58.5 Å². The Hall–Kier alpha value is -8.68. The van der Waals surface area contributed by atoms with Gasteiger partial charge in [-0.2, -0.15) is 0 Å². The van der Waals surface area contributed by atoms with E-state index < -0.39 is 43.1 Å². The fraction of sp³-hybridized carbons (Fsp3) is 0.469. The summed E-state index contributed by atoms with van der Waals surface area (Å²) < 4.78 is 34.2. The summed E-state index contributed by atoms with van der Waals surface area (Å²) >= 11 is 6.49. The average molecular weight is 1850 g/mol. The summed E-state index contributed by atoms with van der Waals surface area (Å²) in [5.74, 6) is 0.334. The number of Topliss-reactive ketones (excluding diaryl/α,β-unsaturated/α-hetero) is 2. The molecule has 0 aliphatic carbocycles. The van der Waals surface area contributed by atoms with E-state index in [1.165, 1.54) is 5.39 Å². The predicted octanol–water partition coefficient (Wildman–Crippen LogP) is 22.8. The monoisotopic (exact) mass is 1840 g/mol. The number of aldehydes is 1. The molecule has 1 unspecified atom stereocenters. The van der Waals surface area contributed by atoms with E-state index >= 15 is 0 Å². The number of hydrogen-bond donors (Lipinski definition) is 2. The van der Waals surface area contributed by atoms with Crippen molar-refractivity contribution in [2.75, 3.05) is 52.4 Å². The van der Waals surface area contributed by atoms with Crippen molar-refractivity contribution in [1.29, 1.82) is 0 Å². The number of benzene rings is 5. The van der Waals surface area contributed by atoms with E-state index in [0.29, 0.717) is 68.7 Å². The first kappa shape index (κ1) is 99.4. The molecule has 5 aromatic carbocycles. The summed E-state index contributed by atoms with van der Waals surface area (Å²) in [6, 6.07) is 59.3. The minimum absolute atomic E-state index is 0. The van der Waals surface area contributed by atoms with Crippen LogP contribution in [0.5, 0.6) is 0 Å². The number of aliphatic hydroxyl groups excluding tert-OH is 1. The molecule has 9 heterocycles. The first-order chi connectivity index (χ1) is 57.2. The molecule has 121 heavy (non-hydrogen) atoms. The third kappa shape index (κ3) is 29.2. The van der Waals surface area contributed by atoms with Crippen molar-refractivity contribution in [3.63, 3.8) is 0 Å². The average Bonchev–Trinajstić information content (AvgIpc) is 0.787. The van der Waals surface area contributed by atoms with Gasteiger partial charge in [-0.05, 0) is 242 Å². The van der Waals surface area contributed by atoms with Gasteiger partial charge >= 0.3 is 40.8 Å². The van der Waals surface area contributed by atoms with Crippen LogP contribution in [0.25, 0.3) is 54.5 Å². The maximum absolute atomic E-state index is 13.5. The molecule has 3 amide bonds. The summed E-state index contributed by atoms with van der Waals surface area (Å²) in [5, 5.41) is 20.7. The second kappa shape index (κ2) is 46.7. The van der Waals surface area contributed by atoms with Crippen molar-refractivity contribution < 1.29 is 70.6 Å². The fourth-order valence-electron chi connectivity index (χ4n) is 16.1. The van der Waals surface area contributed by atoms with Crippen LogP contribution in [0.1, 0.15) is 226 Å². The number of halogens is 3. The molecule has 21 nitrogen and oxygen atoms in total. The SMILES string of the molecule is CCCC1(C(=O)c2ccc3ccccc3n2)CCN(C(=O)OC(C)(C)C)CC1.CCCC1(C(=O)c2ccc3ccccc3n2)CCNCC1.CCCC1(C(O)c2ccc3ccccc3n2)CCN(C(=O)OC(C)(C)C)CC1.CCCC1(C=O)CCN(C(=O)OC(C)(C)C)CC1.Cl.Clc1ccc2ccccc2n1.Ic1ccc2ccccc2n1.[O]=[Mn]=[O]. The summed E-state index contributed by atoms with van der Waals surface area (Å²) in [5.41, 5.74) is 3.92. The predicted molar refractivity (Wildman–Crippen MR) is 487 cm³/mol. The van der Waals surface area contributed by atoms with Gasteiger partial charge < -0.3 is 44.1 Å². The number of pyridine rings is 5. The first-order valence-corrected chi connectivity index (χ1v) is 44.5. The number of aromatic nitrogens is 5. The number of rotatable bonds is 15. The molecule has 25 heteroatoms. The van der Waals surface area contributed by atoms with Crippen LogP contribution in [0.2, 0.25) is 5.15 Å². The van der Waals surface area contributed by atoms with E-state index in [0.717, 1.165) is 168 Å². The Morgan fingerprint density at radius 2 is 0.769 bits per heavy atom. The van der Waals surface area contributed by atoms with E-state index in [4.69, 9.17) is 38.5 Å². The maximum atomic E-state index is 13.5. The van der Waals surface area contributed by atoms with Crippen LogP contribution in [0.4, 0.5) is 14.4 Å². The minimum atomic E-state index is -1.44. The Balaban J connectivity index is 0.000000204. The quantitative estimate of drug-likeness (QED) is 0.0241. The van der Waals surface area contributed by atoms with Gasteiger partial charge in [0.2, 0.25) is 0 Å². The number of para-hydroxylation sites is 5. The number of nitrogens with zero attached hydrogens (tertiary/aromatic N) is 8. The molecule has 4 aliphatic rings. The van der Waals surface area contributed by atoms with Crippen molar-refractivity contribution in [2.45, 2.75) is 216 Å². The van der Waals surface area contributed by atoms with Crippen LogP contribution < -0.4 is 5.32 Å². The van der Waals surface area contributed by atoms with E-state index in [9.17, 15) is 33.9 Å². The van der Waals surface area contributed by atoms with Gasteiger partial charge in [-0.3, -0.25) is 14.6 Å². The van der Waals surface area contributed by atoms with Gasteiger partial charge in [0.05, 0.1) is 33.3 Å². The molecule has 651 valence electrons. The molecule has 2 N–H and O–H groups in total. The Morgan fingerprint density at radius 3 is 1.15 bits per heavy atom. The van der Waals surface area contributed by atoms with Gasteiger partial charge in [0.25, 0.3) is 0 Å². The third-order valence-corrected chi connectivity index (χ3v) is 23.0. The molecule has 10 aromatic rings. The molecule has 0 bridgehead atoms. The van der Waals surface area contributed by atoms with Gasteiger partial charge in [0, 0.05) is 87.9 Å². The third-order valence-electron chi connectivity index (χ3n) is 22.2. The van der Waals surface area contributed by atoms with Crippen LogP contribution in [0.15, 0.2) is 182 Å². The number of hydrogen-bond acceptors (Lipinski definition) is 18. The fourth-order valence-corrected chi connectivity index (χ4v) is 16.6. The Labute approximate surface area is 744 Å². The molecule has 5 aromatic heterocycles. The summed E-state index contributed by atoms with van der Waals surface area (Å²) in [7, 11) is 0. The number of nitrogens with one attached hydrogen (secondary N) is 1. The van der Waals surface area contributed by atoms with Crippen molar-refractivity contribution >= 4 is 137 Å². The molecule has 1 atom stereocenters. The van der Waals surface area contributed by atoms with Crippen LogP contribution >= 0.6 is 46.6 Å². The number of piperidine rings is 4. The van der Waals surface area contributed by atoms with E-state index in [1.807, 2.05) is 226 Å². The number of carbonyl (C=O) groups is 6. The van der Waals surface area contributed by atoms with Gasteiger partial charge in [0.15, 0.2) is 11.6 Å². The summed E-state index contributed by atoms with van der Waals surface area (Å²) in [6.07, 6.45) is 13.3. The second-order valence-corrected chi connectivity index (χ2v) is 36.2. The number of aliphatic hydroxyl groups is 1. The zero-order chi connectivity index (χ0) is 87.3. The molecule has 0 saturated carbocycles. The summed E-state index contributed by atoms with van der Waals surface area (Å²) in [6.45, 7) is 30.7. The Morgan fingerprint density at radius 1 is 0.446 bits per heavy atom. The van der Waals surface area contributed by atoms with Gasteiger partial charge in [-0.1, -0.05) is 180 Å². The number of likely N-dealkylation sites (tertiary alicyclic amines) is 3. The van der Waals surface area contributed by atoms with E-state index in [2.05, 4.69) is 87.7 Å². The zero-order valence-electron chi connectivity index (χ0n) is 72.5. The molecular formula is C96H122Cl2IMnN9O12. The van der Waals surface area contributed by atoms with Gasteiger partial charge in [0.1, 0.15) is 49.4 Å². The molecule has 4 fully saturated rings. The molecule has 14 rings (SSSR count). The van der Waals surface area contributed by atoms with Crippen molar-refractivity contribution in [2.24, 2.45) is 21.7 Å². The van der Waals surface area contributed by atoms with Crippen molar-refractivity contribution in [1.82, 2.24) is 44.9 Å². The van der Waals surface area contributed by atoms with Crippen LogP contribution in [0.3, 0.4) is 0 Å². The zero-order valence-corrected chi connectivity index (χ0v) is 77.4. The topological polar surface area (TPSA) is 271 Å². The standard InChI is InChI=1S/C23H32N2O3.C23H30N2O3.C18H22N2O.C14H25NO3.C9H6ClN.C9H6IN.ClH.Mn.2O/c2*1-5-12-23(13-15-25(16-14-23)21(27)28-22(2,3)4)20(26)19-11-10-17-8-6-7-9-18(17)24-19;1-2-9-18(10-12-19-13-11-18)17(21)16-8-7-14-5-3-4-6-15(14)20-16;1-5-6-14(11-16)7-9-15(10-8-14)12(17)18-13(2,3)4;2*10-9-6-5-7-3-1-2-4-8(7)11-9;;;;/h6-11,20,26H,5,12-16H2,1-4H3;6-11H,5,12-16H2,1-4H3;3-8,19H,2,9-13H2,1H3;11H,5-10H2,1-4H3;2*1-6H;1H;;;. The van der Waals surface area contributed by atoms with Gasteiger partial charge in [-0.25, -0.2) is 34.3 Å². The molecule has 4 aliphatic heterocycles. The van der Waals surface area contributed by atoms with Gasteiger partial charge in [-0.15, -0.1) is 12.4 Å². The van der Waals surface area contributed by atoms with Crippen molar-refractivity contribution in [3.8, 4) is 0 Å². The number of ether oxygens (including phenoxy) is 3. The molecule has 0 radical (unpaired) electrons. The van der Waals surface area contributed by atoms with Crippen LogP contribution in [0, 0.1) is 25.4 Å². The number of ketones is 2. The normalized spacial score (nSPS) is 16.0.